The van der Waals surface area contributed by atoms with Gasteiger partial charge in [0.1, 0.15) is 11.6 Å². The zero-order valence-corrected chi connectivity index (χ0v) is 14.3. The molecule has 1 aromatic heterocycles. The van der Waals surface area contributed by atoms with Crippen LogP contribution in [0, 0.1) is 13.8 Å². The second-order valence-electron chi connectivity index (χ2n) is 6.29. The fraction of sp³-hybridized carbons (Fsp3) is 0.250. The van der Waals surface area contributed by atoms with Gasteiger partial charge in [-0.15, -0.1) is 0 Å². The Balaban J connectivity index is 1.90. The lowest BCUT2D eigenvalue weighted by atomic mass is 10.1. The number of hydrogen-bond acceptors (Lipinski definition) is 3. The summed E-state index contributed by atoms with van der Waals surface area (Å²) in [6.45, 7) is 5.20. The number of aromatic nitrogens is 2. The molecule has 3 aromatic rings. The summed E-state index contributed by atoms with van der Waals surface area (Å²) >= 11 is 0. The molecule has 0 aliphatic carbocycles. The molecule has 0 fully saturated rings. The third-order valence-electron chi connectivity index (χ3n) is 4.59. The molecule has 1 aliphatic heterocycles. The number of methoxy groups -OCH3 is 1. The Morgan fingerprint density at radius 3 is 2.83 bits per heavy atom. The van der Waals surface area contributed by atoms with Crippen LogP contribution < -0.4 is 10.1 Å². The van der Waals surface area contributed by atoms with E-state index >= 15 is 0 Å². The lowest BCUT2D eigenvalue weighted by molar-refractivity contribution is 0.415. The smallest absolute Gasteiger partial charge is 0.133 e. The Kier molecular flexibility index (Phi) is 3.53. The fourth-order valence-corrected chi connectivity index (χ4v) is 3.30. The number of rotatable bonds is 3. The molecule has 4 heteroatoms. The van der Waals surface area contributed by atoms with Gasteiger partial charge in [-0.3, -0.25) is 0 Å². The van der Waals surface area contributed by atoms with Gasteiger partial charge in [0.15, 0.2) is 0 Å². The van der Waals surface area contributed by atoms with Crippen molar-refractivity contribution in [3.8, 4) is 22.7 Å². The predicted octanol–water partition coefficient (Wildman–Crippen LogP) is 4.13. The van der Waals surface area contributed by atoms with Crippen LogP contribution in [0.25, 0.3) is 16.9 Å². The van der Waals surface area contributed by atoms with Crippen LogP contribution in [0.1, 0.15) is 16.7 Å². The maximum atomic E-state index is 5.37. The highest BCUT2D eigenvalue weighted by Crippen LogP contribution is 2.36. The highest BCUT2D eigenvalue weighted by Gasteiger charge is 2.24. The molecule has 0 saturated heterocycles. The minimum Gasteiger partial charge on any atom is -0.497 e. The molecule has 4 nitrogen and oxygen atoms in total. The van der Waals surface area contributed by atoms with Gasteiger partial charge < -0.3 is 10.1 Å². The van der Waals surface area contributed by atoms with Crippen molar-refractivity contribution in [2.24, 2.45) is 0 Å². The van der Waals surface area contributed by atoms with Crippen molar-refractivity contribution >= 4 is 5.82 Å². The van der Waals surface area contributed by atoms with Crippen molar-refractivity contribution < 1.29 is 4.74 Å². The second kappa shape index (κ2) is 5.71. The summed E-state index contributed by atoms with van der Waals surface area (Å²) in [5.41, 5.74) is 7.00. The van der Waals surface area contributed by atoms with Crippen LogP contribution in [0.15, 0.2) is 42.5 Å². The van der Waals surface area contributed by atoms with Gasteiger partial charge in [0.2, 0.25) is 0 Å². The summed E-state index contributed by atoms with van der Waals surface area (Å²) in [4.78, 5) is 0. The van der Waals surface area contributed by atoms with Crippen LogP contribution in [0.4, 0.5) is 5.82 Å². The van der Waals surface area contributed by atoms with Gasteiger partial charge in [0.25, 0.3) is 0 Å². The Labute approximate surface area is 142 Å². The summed E-state index contributed by atoms with van der Waals surface area (Å²) in [7, 11) is 1.69. The van der Waals surface area contributed by atoms with E-state index in [1.807, 2.05) is 18.2 Å². The maximum Gasteiger partial charge on any atom is 0.133 e. The third-order valence-corrected chi connectivity index (χ3v) is 4.59. The number of anilines is 1. The van der Waals surface area contributed by atoms with Gasteiger partial charge >= 0.3 is 0 Å². The van der Waals surface area contributed by atoms with Crippen molar-refractivity contribution in [1.29, 1.82) is 0 Å². The average molecular weight is 319 g/mol. The lowest BCUT2D eigenvalue weighted by Gasteiger charge is -2.10. The van der Waals surface area contributed by atoms with E-state index in [2.05, 4.69) is 48.1 Å². The van der Waals surface area contributed by atoms with E-state index in [-0.39, 0.29) is 0 Å². The van der Waals surface area contributed by atoms with Gasteiger partial charge in [-0.1, -0.05) is 24.3 Å². The monoisotopic (exact) mass is 319 g/mol. The second-order valence-corrected chi connectivity index (χ2v) is 6.29. The minimum atomic E-state index is 0.855. The number of fused-ring (bicyclic) bond motifs is 1. The van der Waals surface area contributed by atoms with Gasteiger partial charge in [0.05, 0.1) is 18.5 Å². The molecule has 2 heterocycles. The minimum absolute atomic E-state index is 0.855. The number of nitrogens with one attached hydrogen (secondary N) is 1. The molecule has 1 aliphatic rings. The number of benzene rings is 2. The Morgan fingerprint density at radius 2 is 2.00 bits per heavy atom. The van der Waals surface area contributed by atoms with Crippen molar-refractivity contribution in [3.63, 3.8) is 0 Å². The van der Waals surface area contributed by atoms with E-state index in [1.54, 1.807) is 7.11 Å². The summed E-state index contributed by atoms with van der Waals surface area (Å²) in [5, 5.41) is 8.45. The predicted molar refractivity (Wildman–Crippen MR) is 97.2 cm³/mol. The van der Waals surface area contributed by atoms with E-state index in [4.69, 9.17) is 9.84 Å². The molecule has 122 valence electrons. The lowest BCUT2D eigenvalue weighted by Crippen LogP contribution is -2.06. The third kappa shape index (κ3) is 2.35. The molecule has 0 spiro atoms. The van der Waals surface area contributed by atoms with Crippen molar-refractivity contribution in [3.05, 3.63) is 59.2 Å². The van der Waals surface area contributed by atoms with Crippen LogP contribution in [-0.2, 0) is 6.42 Å². The van der Waals surface area contributed by atoms with Crippen LogP contribution in [0.2, 0.25) is 0 Å². The van der Waals surface area contributed by atoms with Gasteiger partial charge in [-0.05, 0) is 49.6 Å². The average Bonchev–Trinajstić information content (AvgIpc) is 3.19. The highest BCUT2D eigenvalue weighted by atomic mass is 16.5. The van der Waals surface area contributed by atoms with E-state index < -0.39 is 0 Å². The van der Waals surface area contributed by atoms with Crippen molar-refractivity contribution in [2.45, 2.75) is 20.3 Å². The van der Waals surface area contributed by atoms with Gasteiger partial charge in [-0.2, -0.15) is 5.10 Å². The van der Waals surface area contributed by atoms with Gasteiger partial charge in [-0.25, -0.2) is 4.68 Å². The summed E-state index contributed by atoms with van der Waals surface area (Å²) in [6.07, 6.45) is 0.993. The van der Waals surface area contributed by atoms with Crippen LogP contribution in [-0.4, -0.2) is 23.4 Å². The molecule has 24 heavy (non-hydrogen) atoms. The molecular formula is C20H21N3O. The van der Waals surface area contributed by atoms with Crippen molar-refractivity contribution in [1.82, 2.24) is 9.78 Å². The Morgan fingerprint density at radius 1 is 1.12 bits per heavy atom. The molecule has 0 bridgehead atoms. The summed E-state index contributed by atoms with van der Waals surface area (Å²) in [6, 6.07) is 14.6. The number of hydrogen-bond donors (Lipinski definition) is 1. The normalized spacial score (nSPS) is 12.8. The van der Waals surface area contributed by atoms with Gasteiger partial charge in [0, 0.05) is 17.7 Å². The SMILES string of the molecule is COc1cccc(-c2nn(-c3cc(C)ccc3C)c3c2CCN3)c1. The standard InChI is InChI=1S/C20H21N3O/c1-13-7-8-14(2)18(11-13)23-20-17(9-10-21-20)19(22-23)15-5-4-6-16(12-15)24-3/h4-8,11-12,21H,9-10H2,1-3H3. The number of aryl methyl sites for hydroxylation is 2. The topological polar surface area (TPSA) is 39.1 Å². The van der Waals surface area contributed by atoms with E-state index in [0.29, 0.717) is 0 Å². The van der Waals surface area contributed by atoms with E-state index in [1.165, 1.54) is 16.7 Å². The molecule has 0 atom stereocenters. The molecular weight excluding hydrogens is 298 g/mol. The largest absolute Gasteiger partial charge is 0.497 e. The first-order valence-corrected chi connectivity index (χ1v) is 8.25. The van der Waals surface area contributed by atoms with E-state index in [0.717, 1.165) is 41.5 Å². The quantitative estimate of drug-likeness (QED) is 0.789. The summed E-state index contributed by atoms with van der Waals surface area (Å²) < 4.78 is 7.43. The first kappa shape index (κ1) is 14.8. The van der Waals surface area contributed by atoms with Crippen LogP contribution in [0.3, 0.4) is 0 Å². The van der Waals surface area contributed by atoms with Crippen molar-refractivity contribution in [2.75, 3.05) is 19.0 Å². The van der Waals surface area contributed by atoms with Crippen LogP contribution >= 0.6 is 0 Å². The first-order valence-electron chi connectivity index (χ1n) is 8.25. The highest BCUT2D eigenvalue weighted by molar-refractivity contribution is 5.73. The number of nitrogens with zero attached hydrogens (tertiary/aromatic N) is 2. The Bertz CT molecular complexity index is 911. The first-order chi connectivity index (χ1) is 11.7. The fourth-order valence-electron chi connectivity index (χ4n) is 3.30. The van der Waals surface area contributed by atoms with Crippen LogP contribution in [0.5, 0.6) is 5.75 Å². The molecule has 1 N–H and O–H groups in total. The molecule has 0 saturated carbocycles. The Hall–Kier alpha value is -2.75. The molecule has 0 radical (unpaired) electrons. The summed E-state index contributed by atoms with van der Waals surface area (Å²) in [5.74, 6) is 1.97. The molecule has 2 aromatic carbocycles. The molecule has 4 rings (SSSR count). The zero-order valence-electron chi connectivity index (χ0n) is 14.3. The maximum absolute atomic E-state index is 5.37. The molecule has 0 amide bonds. The zero-order chi connectivity index (χ0) is 16.7. The van der Waals surface area contributed by atoms with E-state index in [9.17, 15) is 0 Å². The molecule has 0 unspecified atom stereocenters. The number of ether oxygens (including phenoxy) is 1.